The summed E-state index contributed by atoms with van der Waals surface area (Å²) in [5.74, 6) is -0.312. The van der Waals surface area contributed by atoms with Crippen molar-refractivity contribution < 1.29 is 4.79 Å². The van der Waals surface area contributed by atoms with Gasteiger partial charge in [0.05, 0.1) is 0 Å². The molecule has 0 fully saturated rings. The van der Waals surface area contributed by atoms with E-state index in [0.717, 1.165) is 4.47 Å². The third-order valence-electron chi connectivity index (χ3n) is 1.53. The molecular formula is C9H4Br3NO. The Morgan fingerprint density at radius 2 is 1.79 bits per heavy atom. The number of halogens is 3. The van der Waals surface area contributed by atoms with Gasteiger partial charge in [-0.05, 0) is 44.0 Å². The Balaban J connectivity index is 3.03. The minimum absolute atomic E-state index is 0.312. The first-order valence-electron chi connectivity index (χ1n) is 3.57. The quantitative estimate of drug-likeness (QED) is 0.579. The maximum Gasteiger partial charge on any atom is 0.228 e. The lowest BCUT2D eigenvalue weighted by atomic mass is 10.1. The standard InChI is InChI=1S/C9H4Br3NO/c10-7-3-1-6(2-4-7)8(14)9(11,12)5-13/h1-4H. The van der Waals surface area contributed by atoms with Gasteiger partial charge in [-0.15, -0.1) is 0 Å². The number of ketones is 1. The van der Waals surface area contributed by atoms with E-state index in [2.05, 4.69) is 47.8 Å². The molecule has 0 unspecified atom stereocenters. The lowest BCUT2D eigenvalue weighted by Gasteiger charge is -2.09. The van der Waals surface area contributed by atoms with Crippen LogP contribution in [0.25, 0.3) is 0 Å². The summed E-state index contributed by atoms with van der Waals surface area (Å²) < 4.78 is -0.436. The van der Waals surface area contributed by atoms with Crippen LogP contribution in [0.1, 0.15) is 10.4 Å². The molecule has 1 rings (SSSR count). The fraction of sp³-hybridized carbons (Fsp3) is 0.111. The van der Waals surface area contributed by atoms with E-state index in [1.54, 1.807) is 24.3 Å². The van der Waals surface area contributed by atoms with Crippen LogP contribution in [0.2, 0.25) is 0 Å². The molecule has 0 aliphatic heterocycles. The number of benzene rings is 1. The van der Waals surface area contributed by atoms with Gasteiger partial charge >= 0.3 is 0 Å². The maximum atomic E-state index is 11.7. The highest BCUT2D eigenvalue weighted by Gasteiger charge is 2.32. The summed E-state index contributed by atoms with van der Waals surface area (Å²) in [6.45, 7) is 0. The first-order valence-corrected chi connectivity index (χ1v) is 5.95. The predicted molar refractivity (Wildman–Crippen MR) is 64.7 cm³/mol. The fourth-order valence-electron chi connectivity index (χ4n) is 0.833. The van der Waals surface area contributed by atoms with Gasteiger partial charge in [0.2, 0.25) is 9.02 Å². The van der Waals surface area contributed by atoms with Crippen LogP contribution in [0.5, 0.6) is 0 Å². The summed E-state index contributed by atoms with van der Waals surface area (Å²) in [6.07, 6.45) is 0. The Morgan fingerprint density at radius 1 is 1.29 bits per heavy atom. The van der Waals surface area contributed by atoms with Gasteiger partial charge in [-0.25, -0.2) is 0 Å². The van der Waals surface area contributed by atoms with Gasteiger partial charge in [0.25, 0.3) is 0 Å². The summed E-state index contributed by atoms with van der Waals surface area (Å²) in [5.41, 5.74) is 0.475. The molecule has 0 saturated heterocycles. The van der Waals surface area contributed by atoms with Gasteiger partial charge in [-0.1, -0.05) is 28.1 Å². The maximum absolute atomic E-state index is 11.7. The minimum Gasteiger partial charge on any atom is -0.290 e. The van der Waals surface area contributed by atoms with Crippen molar-refractivity contribution in [2.45, 2.75) is 3.23 Å². The summed E-state index contributed by atoms with van der Waals surface area (Å²) in [4.78, 5) is 11.7. The number of hydrogen-bond acceptors (Lipinski definition) is 2. The van der Waals surface area contributed by atoms with Gasteiger partial charge < -0.3 is 0 Å². The van der Waals surface area contributed by atoms with Crippen molar-refractivity contribution in [3.8, 4) is 6.07 Å². The van der Waals surface area contributed by atoms with Gasteiger partial charge in [0.1, 0.15) is 6.07 Å². The Bertz CT molecular complexity index is 392. The van der Waals surface area contributed by atoms with E-state index < -0.39 is 3.23 Å². The average molecular weight is 382 g/mol. The highest BCUT2D eigenvalue weighted by atomic mass is 79.9. The van der Waals surface area contributed by atoms with Crippen molar-refractivity contribution in [2.75, 3.05) is 0 Å². The molecule has 1 aromatic carbocycles. The van der Waals surface area contributed by atoms with E-state index in [1.807, 2.05) is 6.07 Å². The second kappa shape index (κ2) is 4.56. The largest absolute Gasteiger partial charge is 0.290 e. The van der Waals surface area contributed by atoms with Crippen molar-refractivity contribution >= 4 is 53.6 Å². The molecule has 0 N–H and O–H groups in total. The predicted octanol–water partition coefficient (Wildman–Crippen LogP) is 3.64. The van der Waals surface area contributed by atoms with Crippen LogP contribution >= 0.6 is 47.8 Å². The van der Waals surface area contributed by atoms with Gasteiger partial charge in [-0.3, -0.25) is 4.79 Å². The Labute approximate surface area is 107 Å². The number of Topliss-reactive ketones (excluding diaryl/α,β-unsaturated/α-hetero) is 1. The summed E-state index contributed by atoms with van der Waals surface area (Å²) in [5, 5.41) is 8.71. The Hall–Kier alpha value is -0.180. The molecule has 14 heavy (non-hydrogen) atoms. The van der Waals surface area contributed by atoms with Crippen LogP contribution < -0.4 is 0 Å². The number of nitriles is 1. The molecular weight excluding hydrogens is 378 g/mol. The molecule has 0 aliphatic carbocycles. The van der Waals surface area contributed by atoms with Gasteiger partial charge in [0.15, 0.2) is 0 Å². The van der Waals surface area contributed by atoms with Crippen LogP contribution in [-0.4, -0.2) is 9.02 Å². The van der Waals surface area contributed by atoms with Crippen LogP contribution in [-0.2, 0) is 0 Å². The zero-order valence-corrected chi connectivity index (χ0v) is 11.6. The van der Waals surface area contributed by atoms with E-state index in [9.17, 15) is 4.79 Å². The topological polar surface area (TPSA) is 40.9 Å². The van der Waals surface area contributed by atoms with E-state index in [-0.39, 0.29) is 5.78 Å². The van der Waals surface area contributed by atoms with Crippen LogP contribution in [0.3, 0.4) is 0 Å². The van der Waals surface area contributed by atoms with E-state index in [1.165, 1.54) is 0 Å². The average Bonchev–Trinajstić information content (AvgIpc) is 2.18. The number of alkyl halides is 2. The molecule has 0 amide bonds. The molecule has 2 nitrogen and oxygen atoms in total. The molecule has 5 heteroatoms. The second-order valence-electron chi connectivity index (χ2n) is 2.52. The van der Waals surface area contributed by atoms with Crippen molar-refractivity contribution in [2.24, 2.45) is 0 Å². The Morgan fingerprint density at radius 3 is 2.21 bits per heavy atom. The van der Waals surface area contributed by atoms with E-state index in [0.29, 0.717) is 5.56 Å². The molecule has 0 atom stereocenters. The molecule has 1 aromatic rings. The molecule has 72 valence electrons. The highest BCUT2D eigenvalue weighted by molar-refractivity contribution is 9.26. The number of rotatable bonds is 2. The SMILES string of the molecule is N#CC(Br)(Br)C(=O)c1ccc(Br)cc1. The third-order valence-corrected chi connectivity index (χ3v) is 3.14. The lowest BCUT2D eigenvalue weighted by molar-refractivity contribution is 0.0997. The molecule has 0 aliphatic rings. The van der Waals surface area contributed by atoms with Crippen molar-refractivity contribution in [1.82, 2.24) is 0 Å². The fourth-order valence-corrected chi connectivity index (χ4v) is 1.56. The van der Waals surface area contributed by atoms with Crippen molar-refractivity contribution in [1.29, 1.82) is 5.26 Å². The van der Waals surface area contributed by atoms with E-state index in [4.69, 9.17) is 5.26 Å². The monoisotopic (exact) mass is 379 g/mol. The molecule has 0 heterocycles. The number of hydrogen-bond donors (Lipinski definition) is 0. The first-order chi connectivity index (χ1) is 6.47. The number of carbonyl (C=O) groups excluding carboxylic acids is 1. The van der Waals surface area contributed by atoms with Gasteiger partial charge in [0, 0.05) is 10.0 Å². The normalized spacial score (nSPS) is 10.7. The van der Waals surface area contributed by atoms with Crippen LogP contribution in [0.15, 0.2) is 28.7 Å². The smallest absolute Gasteiger partial charge is 0.228 e. The summed E-state index contributed by atoms with van der Waals surface area (Å²) >= 11 is 9.25. The lowest BCUT2D eigenvalue weighted by Crippen LogP contribution is -2.22. The molecule has 0 aromatic heterocycles. The third kappa shape index (κ3) is 2.66. The van der Waals surface area contributed by atoms with Crippen LogP contribution in [0.4, 0.5) is 0 Å². The number of nitrogens with zero attached hydrogens (tertiary/aromatic N) is 1. The molecule has 0 spiro atoms. The second-order valence-corrected chi connectivity index (χ2v) is 6.88. The molecule has 0 bridgehead atoms. The number of carbonyl (C=O) groups is 1. The molecule has 0 saturated carbocycles. The summed E-state index contributed by atoms with van der Waals surface area (Å²) in [7, 11) is 0. The Kier molecular flexibility index (Phi) is 3.87. The zero-order chi connectivity index (χ0) is 10.8. The minimum atomic E-state index is -1.33. The van der Waals surface area contributed by atoms with Crippen molar-refractivity contribution in [3.63, 3.8) is 0 Å². The zero-order valence-electron chi connectivity index (χ0n) is 6.80. The van der Waals surface area contributed by atoms with E-state index >= 15 is 0 Å². The van der Waals surface area contributed by atoms with Crippen molar-refractivity contribution in [3.05, 3.63) is 34.3 Å². The first kappa shape index (κ1) is 11.9. The summed E-state index contributed by atoms with van der Waals surface area (Å²) in [6, 6.07) is 8.64. The van der Waals surface area contributed by atoms with Gasteiger partial charge in [-0.2, -0.15) is 5.26 Å². The highest BCUT2D eigenvalue weighted by Crippen LogP contribution is 2.29. The van der Waals surface area contributed by atoms with Crippen LogP contribution in [0, 0.1) is 11.3 Å². The molecule has 0 radical (unpaired) electrons.